The van der Waals surface area contributed by atoms with Crippen molar-refractivity contribution in [1.82, 2.24) is 9.88 Å². The Hall–Kier alpha value is -2.92. The molecule has 1 aromatic heterocycles. The van der Waals surface area contributed by atoms with E-state index in [0.717, 1.165) is 52.9 Å². The van der Waals surface area contributed by atoms with Gasteiger partial charge in [-0.05, 0) is 68.4 Å². The number of anilines is 1. The van der Waals surface area contributed by atoms with Gasteiger partial charge in [0.2, 0.25) is 5.91 Å². The first kappa shape index (κ1) is 19.8. The number of phenols is 1. The Labute approximate surface area is 166 Å². The van der Waals surface area contributed by atoms with Gasteiger partial charge in [-0.3, -0.25) is 4.79 Å². The third-order valence-electron chi connectivity index (χ3n) is 4.76. The Morgan fingerprint density at radius 3 is 2.64 bits per heavy atom. The highest BCUT2D eigenvalue weighted by Crippen LogP contribution is 2.30. The Kier molecular flexibility index (Phi) is 5.95. The number of rotatable bonds is 6. The third-order valence-corrected chi connectivity index (χ3v) is 4.76. The smallest absolute Gasteiger partial charge is 0.221 e. The SMILES string of the molecule is CCCN(C)Cc1cc(-c2ccc(NC(C)=O)c(C)c2)nc2cc(O)ccc12. The minimum atomic E-state index is -0.0867. The van der Waals surface area contributed by atoms with Crippen LogP contribution in [0.1, 0.15) is 31.4 Å². The molecule has 1 amide bonds. The van der Waals surface area contributed by atoms with Crippen molar-refractivity contribution in [2.24, 2.45) is 0 Å². The molecule has 0 aliphatic rings. The second-order valence-corrected chi connectivity index (χ2v) is 7.32. The average Bonchev–Trinajstić information content (AvgIpc) is 2.62. The van der Waals surface area contributed by atoms with Crippen molar-refractivity contribution in [1.29, 1.82) is 0 Å². The van der Waals surface area contributed by atoms with E-state index in [1.807, 2.05) is 31.2 Å². The van der Waals surface area contributed by atoms with Gasteiger partial charge in [-0.25, -0.2) is 4.98 Å². The zero-order chi connectivity index (χ0) is 20.3. The monoisotopic (exact) mass is 377 g/mol. The molecule has 5 nitrogen and oxygen atoms in total. The molecule has 0 spiro atoms. The van der Waals surface area contributed by atoms with Gasteiger partial charge in [0.1, 0.15) is 5.75 Å². The Morgan fingerprint density at radius 2 is 1.96 bits per heavy atom. The molecule has 0 aliphatic heterocycles. The fraction of sp³-hybridized carbons (Fsp3) is 0.304. The van der Waals surface area contributed by atoms with Crippen molar-refractivity contribution in [3.8, 4) is 17.0 Å². The summed E-state index contributed by atoms with van der Waals surface area (Å²) >= 11 is 0. The molecule has 28 heavy (non-hydrogen) atoms. The number of carbonyl (C=O) groups is 1. The summed E-state index contributed by atoms with van der Waals surface area (Å²) in [6.45, 7) is 7.47. The Morgan fingerprint density at radius 1 is 1.18 bits per heavy atom. The predicted molar refractivity (Wildman–Crippen MR) is 115 cm³/mol. The van der Waals surface area contributed by atoms with Gasteiger partial charge in [0, 0.05) is 36.2 Å². The second-order valence-electron chi connectivity index (χ2n) is 7.32. The first-order valence-corrected chi connectivity index (χ1v) is 9.57. The van der Waals surface area contributed by atoms with E-state index in [-0.39, 0.29) is 11.7 Å². The van der Waals surface area contributed by atoms with Gasteiger partial charge in [0.15, 0.2) is 0 Å². The van der Waals surface area contributed by atoms with Crippen LogP contribution in [0.4, 0.5) is 5.69 Å². The first-order chi connectivity index (χ1) is 13.4. The normalized spacial score (nSPS) is 11.2. The number of nitrogens with zero attached hydrogens (tertiary/aromatic N) is 2. The molecule has 0 saturated carbocycles. The highest BCUT2D eigenvalue weighted by atomic mass is 16.3. The molecule has 0 atom stereocenters. The van der Waals surface area contributed by atoms with Crippen LogP contribution < -0.4 is 5.32 Å². The van der Waals surface area contributed by atoms with Crippen molar-refractivity contribution in [2.45, 2.75) is 33.7 Å². The minimum absolute atomic E-state index is 0.0867. The molecule has 0 bridgehead atoms. The molecular weight excluding hydrogens is 350 g/mol. The van der Waals surface area contributed by atoms with Crippen molar-refractivity contribution >= 4 is 22.5 Å². The highest BCUT2D eigenvalue weighted by Gasteiger charge is 2.11. The number of fused-ring (bicyclic) bond motifs is 1. The maximum absolute atomic E-state index is 11.3. The quantitative estimate of drug-likeness (QED) is 0.653. The largest absolute Gasteiger partial charge is 0.508 e. The second kappa shape index (κ2) is 8.40. The van der Waals surface area contributed by atoms with Crippen molar-refractivity contribution in [3.63, 3.8) is 0 Å². The summed E-state index contributed by atoms with van der Waals surface area (Å²) in [5.41, 5.74) is 5.58. The fourth-order valence-electron chi connectivity index (χ4n) is 3.47. The molecule has 2 N–H and O–H groups in total. The first-order valence-electron chi connectivity index (χ1n) is 9.57. The van der Waals surface area contributed by atoms with Crippen molar-refractivity contribution in [2.75, 3.05) is 18.9 Å². The van der Waals surface area contributed by atoms with E-state index < -0.39 is 0 Å². The molecule has 0 aliphatic carbocycles. The summed E-state index contributed by atoms with van der Waals surface area (Å²) in [4.78, 5) is 18.4. The third kappa shape index (κ3) is 4.49. The fourth-order valence-corrected chi connectivity index (χ4v) is 3.47. The molecule has 0 fully saturated rings. The van der Waals surface area contributed by atoms with Crippen LogP contribution in [0.15, 0.2) is 42.5 Å². The summed E-state index contributed by atoms with van der Waals surface area (Å²) in [6.07, 6.45) is 1.09. The molecule has 3 aromatic rings. The molecule has 3 rings (SSSR count). The summed E-state index contributed by atoms with van der Waals surface area (Å²) < 4.78 is 0. The van der Waals surface area contributed by atoms with Gasteiger partial charge in [-0.1, -0.05) is 13.0 Å². The lowest BCUT2D eigenvalue weighted by atomic mass is 10.0. The lowest BCUT2D eigenvalue weighted by molar-refractivity contribution is -0.114. The van der Waals surface area contributed by atoms with Gasteiger partial charge >= 0.3 is 0 Å². The Bertz CT molecular complexity index is 1010. The van der Waals surface area contributed by atoms with Crippen LogP contribution in [0, 0.1) is 6.92 Å². The van der Waals surface area contributed by atoms with E-state index >= 15 is 0 Å². The maximum Gasteiger partial charge on any atom is 0.221 e. The number of aromatic hydroxyl groups is 1. The molecule has 1 heterocycles. The van der Waals surface area contributed by atoms with E-state index in [1.165, 1.54) is 12.5 Å². The number of nitrogens with one attached hydrogen (secondary N) is 1. The van der Waals surface area contributed by atoms with Crippen molar-refractivity contribution in [3.05, 3.63) is 53.6 Å². The number of benzene rings is 2. The summed E-state index contributed by atoms with van der Waals surface area (Å²) in [5, 5.41) is 13.8. The summed E-state index contributed by atoms with van der Waals surface area (Å²) in [5.74, 6) is 0.124. The van der Waals surface area contributed by atoms with Gasteiger partial charge in [-0.15, -0.1) is 0 Å². The van der Waals surface area contributed by atoms with Crippen molar-refractivity contribution < 1.29 is 9.90 Å². The number of aromatic nitrogens is 1. The van der Waals surface area contributed by atoms with E-state index in [9.17, 15) is 9.90 Å². The van der Waals surface area contributed by atoms with E-state index in [1.54, 1.807) is 12.1 Å². The number of amides is 1. The number of hydrogen-bond donors (Lipinski definition) is 2. The number of carbonyl (C=O) groups excluding carboxylic acids is 1. The molecular formula is C23H27N3O2. The topological polar surface area (TPSA) is 65.5 Å². The number of aryl methyl sites for hydroxylation is 1. The van der Waals surface area contributed by atoms with Crippen LogP contribution >= 0.6 is 0 Å². The lowest BCUT2D eigenvalue weighted by Gasteiger charge is -2.18. The molecule has 5 heteroatoms. The molecule has 0 saturated heterocycles. The van der Waals surface area contributed by atoms with Crippen LogP contribution in [0.3, 0.4) is 0 Å². The van der Waals surface area contributed by atoms with Gasteiger partial charge in [0.05, 0.1) is 11.2 Å². The van der Waals surface area contributed by atoms with E-state index in [0.29, 0.717) is 0 Å². The zero-order valence-corrected chi connectivity index (χ0v) is 16.9. The molecule has 0 unspecified atom stereocenters. The Balaban J connectivity index is 2.08. The van der Waals surface area contributed by atoms with Gasteiger partial charge < -0.3 is 15.3 Å². The molecule has 0 radical (unpaired) electrons. The predicted octanol–water partition coefficient (Wildman–Crippen LogP) is 4.72. The summed E-state index contributed by atoms with van der Waals surface area (Å²) in [6, 6.07) is 13.4. The van der Waals surface area contributed by atoms with Gasteiger partial charge in [0.25, 0.3) is 0 Å². The average molecular weight is 377 g/mol. The van der Waals surface area contributed by atoms with Crippen LogP contribution in [-0.4, -0.2) is 34.5 Å². The van der Waals surface area contributed by atoms with E-state index in [2.05, 4.69) is 30.3 Å². The number of hydrogen-bond acceptors (Lipinski definition) is 4. The molecule has 146 valence electrons. The minimum Gasteiger partial charge on any atom is -0.508 e. The highest BCUT2D eigenvalue weighted by molar-refractivity contribution is 5.90. The van der Waals surface area contributed by atoms with Crippen LogP contribution in [-0.2, 0) is 11.3 Å². The summed E-state index contributed by atoms with van der Waals surface area (Å²) in [7, 11) is 2.11. The zero-order valence-electron chi connectivity index (χ0n) is 16.9. The van der Waals surface area contributed by atoms with Crippen LogP contribution in [0.5, 0.6) is 5.75 Å². The maximum atomic E-state index is 11.3. The van der Waals surface area contributed by atoms with Gasteiger partial charge in [-0.2, -0.15) is 0 Å². The van der Waals surface area contributed by atoms with Crippen LogP contribution in [0.2, 0.25) is 0 Å². The lowest BCUT2D eigenvalue weighted by Crippen LogP contribution is -2.18. The van der Waals surface area contributed by atoms with E-state index in [4.69, 9.17) is 4.98 Å². The molecule has 2 aromatic carbocycles. The van der Waals surface area contributed by atoms with Crippen LogP contribution in [0.25, 0.3) is 22.2 Å². The number of pyridine rings is 1. The number of phenolic OH excluding ortho intramolecular Hbond substituents is 1. The standard InChI is InChI=1S/C23H27N3O2/c1-5-10-26(4)14-18-12-22(25-23-13-19(28)7-8-20(18)23)17-6-9-21(15(2)11-17)24-16(3)27/h6-9,11-13,28H,5,10,14H2,1-4H3,(H,24,27).